The first-order valence-corrected chi connectivity index (χ1v) is 8.05. The number of thiazole rings is 1. The molecular formula is C17H19N3S. The molecule has 0 spiro atoms. The van der Waals surface area contributed by atoms with Gasteiger partial charge in [0.25, 0.3) is 0 Å². The summed E-state index contributed by atoms with van der Waals surface area (Å²) in [7, 11) is 0. The van der Waals surface area contributed by atoms with Gasteiger partial charge in [-0.2, -0.15) is 0 Å². The molecule has 3 nitrogen and oxygen atoms in total. The third-order valence-corrected chi connectivity index (χ3v) is 4.39. The first kappa shape index (κ1) is 14.2. The van der Waals surface area contributed by atoms with Gasteiger partial charge in [0.1, 0.15) is 5.01 Å². The van der Waals surface area contributed by atoms with Crippen molar-refractivity contribution in [2.24, 2.45) is 0 Å². The van der Waals surface area contributed by atoms with Crippen molar-refractivity contribution in [1.82, 2.24) is 15.3 Å². The molecule has 0 aliphatic carbocycles. The molecule has 0 aliphatic heterocycles. The Bertz CT molecular complexity index is 743. The van der Waals surface area contributed by atoms with Gasteiger partial charge in [-0.1, -0.05) is 24.3 Å². The van der Waals surface area contributed by atoms with Gasteiger partial charge in [0.05, 0.1) is 11.6 Å². The minimum Gasteiger partial charge on any atom is -0.302 e. The van der Waals surface area contributed by atoms with Crippen molar-refractivity contribution in [2.45, 2.75) is 32.9 Å². The van der Waals surface area contributed by atoms with E-state index in [1.807, 2.05) is 19.2 Å². The highest BCUT2D eigenvalue weighted by atomic mass is 32.1. The van der Waals surface area contributed by atoms with Crippen LogP contribution >= 0.6 is 11.3 Å². The Morgan fingerprint density at radius 2 is 1.95 bits per heavy atom. The predicted octanol–water partition coefficient (Wildman–Crippen LogP) is 4.09. The zero-order valence-electron chi connectivity index (χ0n) is 12.5. The van der Waals surface area contributed by atoms with Crippen molar-refractivity contribution >= 4 is 22.2 Å². The molecule has 3 aromatic rings. The van der Waals surface area contributed by atoms with E-state index in [1.54, 1.807) is 11.3 Å². The average molecular weight is 297 g/mol. The fourth-order valence-electron chi connectivity index (χ4n) is 2.49. The topological polar surface area (TPSA) is 37.8 Å². The van der Waals surface area contributed by atoms with E-state index >= 15 is 0 Å². The fourth-order valence-corrected chi connectivity index (χ4v) is 3.36. The van der Waals surface area contributed by atoms with Crippen molar-refractivity contribution < 1.29 is 0 Å². The zero-order valence-corrected chi connectivity index (χ0v) is 13.3. The molecule has 0 aliphatic rings. The van der Waals surface area contributed by atoms with Gasteiger partial charge < -0.3 is 5.32 Å². The van der Waals surface area contributed by atoms with Crippen LogP contribution < -0.4 is 5.32 Å². The third-order valence-electron chi connectivity index (χ3n) is 3.36. The number of nitrogens with one attached hydrogen (secondary N) is 1. The SMILES string of the molecule is Cc1csc(C(NC(C)C)c2cccc3cccnc23)n1. The highest BCUT2D eigenvalue weighted by Crippen LogP contribution is 2.30. The molecule has 4 heteroatoms. The van der Waals surface area contributed by atoms with Crippen LogP contribution in [0.5, 0.6) is 0 Å². The maximum absolute atomic E-state index is 4.68. The van der Waals surface area contributed by atoms with Crippen molar-refractivity contribution in [3.8, 4) is 0 Å². The van der Waals surface area contributed by atoms with Crippen LogP contribution in [0.1, 0.15) is 36.2 Å². The van der Waals surface area contributed by atoms with E-state index in [0.717, 1.165) is 16.2 Å². The number of benzene rings is 1. The van der Waals surface area contributed by atoms with E-state index < -0.39 is 0 Å². The molecule has 3 rings (SSSR count). The molecular weight excluding hydrogens is 278 g/mol. The molecule has 1 unspecified atom stereocenters. The van der Waals surface area contributed by atoms with Crippen LogP contribution in [0.4, 0.5) is 0 Å². The van der Waals surface area contributed by atoms with E-state index in [9.17, 15) is 0 Å². The summed E-state index contributed by atoms with van der Waals surface area (Å²) in [6.45, 7) is 6.35. The minimum atomic E-state index is 0.0855. The van der Waals surface area contributed by atoms with Gasteiger partial charge in [-0.05, 0) is 26.8 Å². The van der Waals surface area contributed by atoms with Crippen molar-refractivity contribution in [3.63, 3.8) is 0 Å². The second-order valence-electron chi connectivity index (χ2n) is 5.50. The van der Waals surface area contributed by atoms with Gasteiger partial charge >= 0.3 is 0 Å². The summed E-state index contributed by atoms with van der Waals surface area (Å²) in [5, 5.41) is 7.99. The Balaban J connectivity index is 2.14. The number of pyridine rings is 1. The summed E-state index contributed by atoms with van der Waals surface area (Å²) >= 11 is 1.70. The molecule has 0 saturated heterocycles. The van der Waals surface area contributed by atoms with Crippen LogP contribution in [0, 0.1) is 6.92 Å². The average Bonchev–Trinajstić information content (AvgIpc) is 2.90. The van der Waals surface area contributed by atoms with Crippen LogP contribution in [-0.4, -0.2) is 16.0 Å². The molecule has 2 heterocycles. The predicted molar refractivity (Wildman–Crippen MR) is 88.7 cm³/mol. The highest BCUT2D eigenvalue weighted by Gasteiger charge is 2.20. The van der Waals surface area contributed by atoms with Crippen molar-refractivity contribution in [2.75, 3.05) is 0 Å². The van der Waals surface area contributed by atoms with E-state index in [2.05, 4.69) is 58.8 Å². The van der Waals surface area contributed by atoms with E-state index in [-0.39, 0.29) is 6.04 Å². The number of hydrogen-bond donors (Lipinski definition) is 1. The Labute approximate surface area is 129 Å². The lowest BCUT2D eigenvalue weighted by atomic mass is 10.0. The lowest BCUT2D eigenvalue weighted by molar-refractivity contribution is 0.528. The normalized spacial score (nSPS) is 13.0. The van der Waals surface area contributed by atoms with Crippen LogP contribution in [0.3, 0.4) is 0 Å². The molecule has 0 fully saturated rings. The standard InChI is InChI=1S/C17H19N3S/c1-11(2)19-16(17-20-12(3)10-21-17)14-8-4-6-13-7-5-9-18-15(13)14/h4-11,16,19H,1-3H3. The molecule has 108 valence electrons. The molecule has 21 heavy (non-hydrogen) atoms. The number of aromatic nitrogens is 2. The van der Waals surface area contributed by atoms with Crippen LogP contribution in [-0.2, 0) is 0 Å². The maximum atomic E-state index is 4.68. The van der Waals surface area contributed by atoms with Gasteiger partial charge in [0, 0.05) is 34.3 Å². The van der Waals surface area contributed by atoms with E-state index in [0.29, 0.717) is 6.04 Å². The van der Waals surface area contributed by atoms with Crippen molar-refractivity contribution in [3.05, 3.63) is 58.2 Å². The molecule has 0 radical (unpaired) electrons. The number of rotatable bonds is 4. The lowest BCUT2D eigenvalue weighted by Gasteiger charge is -2.21. The molecule has 2 aromatic heterocycles. The molecule has 1 aromatic carbocycles. The Kier molecular flexibility index (Phi) is 3.99. The quantitative estimate of drug-likeness (QED) is 0.788. The Morgan fingerprint density at radius 3 is 2.67 bits per heavy atom. The summed E-state index contributed by atoms with van der Waals surface area (Å²) in [5.74, 6) is 0. The number of aryl methyl sites for hydroxylation is 1. The van der Waals surface area contributed by atoms with Gasteiger partial charge in [0.15, 0.2) is 0 Å². The highest BCUT2D eigenvalue weighted by molar-refractivity contribution is 7.09. The molecule has 0 amide bonds. The van der Waals surface area contributed by atoms with Gasteiger partial charge in [-0.25, -0.2) is 4.98 Å². The Hall–Kier alpha value is -1.78. The van der Waals surface area contributed by atoms with E-state index in [1.165, 1.54) is 10.9 Å². The smallest absolute Gasteiger partial charge is 0.114 e. The fraction of sp³-hybridized carbons (Fsp3) is 0.294. The number of nitrogens with zero attached hydrogens (tertiary/aromatic N) is 2. The summed E-state index contributed by atoms with van der Waals surface area (Å²) in [6.07, 6.45) is 1.85. The zero-order chi connectivity index (χ0) is 14.8. The molecule has 1 N–H and O–H groups in total. The van der Waals surface area contributed by atoms with Crippen LogP contribution in [0.15, 0.2) is 41.9 Å². The van der Waals surface area contributed by atoms with Gasteiger partial charge in [-0.15, -0.1) is 11.3 Å². The molecule has 0 bridgehead atoms. The second-order valence-corrected chi connectivity index (χ2v) is 6.39. The van der Waals surface area contributed by atoms with Gasteiger partial charge in [0.2, 0.25) is 0 Å². The summed E-state index contributed by atoms with van der Waals surface area (Å²) < 4.78 is 0. The first-order valence-electron chi connectivity index (χ1n) is 7.17. The molecule has 1 atom stereocenters. The summed E-state index contributed by atoms with van der Waals surface area (Å²) in [5.41, 5.74) is 3.31. The molecule has 0 saturated carbocycles. The monoisotopic (exact) mass is 297 g/mol. The summed E-state index contributed by atoms with van der Waals surface area (Å²) in [4.78, 5) is 9.25. The Morgan fingerprint density at radius 1 is 1.14 bits per heavy atom. The van der Waals surface area contributed by atoms with Crippen molar-refractivity contribution in [1.29, 1.82) is 0 Å². The first-order chi connectivity index (χ1) is 10.1. The third kappa shape index (κ3) is 2.96. The van der Waals surface area contributed by atoms with Gasteiger partial charge in [-0.3, -0.25) is 4.98 Å². The maximum Gasteiger partial charge on any atom is 0.114 e. The second kappa shape index (κ2) is 5.92. The number of fused-ring (bicyclic) bond motifs is 1. The summed E-state index contributed by atoms with van der Waals surface area (Å²) in [6, 6.07) is 10.9. The number of para-hydroxylation sites is 1. The number of hydrogen-bond acceptors (Lipinski definition) is 4. The largest absolute Gasteiger partial charge is 0.302 e. The van der Waals surface area contributed by atoms with Crippen LogP contribution in [0.25, 0.3) is 10.9 Å². The minimum absolute atomic E-state index is 0.0855. The van der Waals surface area contributed by atoms with E-state index in [4.69, 9.17) is 0 Å². The van der Waals surface area contributed by atoms with Crippen LogP contribution in [0.2, 0.25) is 0 Å². The lowest BCUT2D eigenvalue weighted by Crippen LogP contribution is -2.29.